The Balaban J connectivity index is 2.27. The lowest BCUT2D eigenvalue weighted by molar-refractivity contribution is -0.133. The molecule has 0 radical (unpaired) electrons. The third-order valence-electron chi connectivity index (χ3n) is 3.46. The van der Waals surface area contributed by atoms with E-state index in [-0.39, 0.29) is 0 Å². The quantitative estimate of drug-likeness (QED) is 0.285. The summed E-state index contributed by atoms with van der Waals surface area (Å²) < 4.78 is 10.9. The third kappa shape index (κ3) is 5.19. The van der Waals surface area contributed by atoms with Crippen LogP contribution in [0.1, 0.15) is 16.7 Å². The fourth-order valence-corrected chi connectivity index (χ4v) is 2.68. The Morgan fingerprint density at radius 2 is 1.52 bits per heavy atom. The molecule has 0 fully saturated rings. The van der Waals surface area contributed by atoms with Crippen LogP contribution in [-0.2, 0) is 14.3 Å². The summed E-state index contributed by atoms with van der Waals surface area (Å²) in [5.74, 6) is -0.438. The highest BCUT2D eigenvalue weighted by molar-refractivity contribution is 9.10. The van der Waals surface area contributed by atoms with Crippen LogP contribution in [0.15, 0.2) is 71.4 Å². The maximum Gasteiger partial charge on any atom is 0.341 e. The summed E-state index contributed by atoms with van der Waals surface area (Å²) in [6.45, 7) is 0. The largest absolute Gasteiger partial charge is 0.503 e. The van der Waals surface area contributed by atoms with Gasteiger partial charge < -0.3 is 9.47 Å². The summed E-state index contributed by atoms with van der Waals surface area (Å²) in [7, 11) is 2.85. The highest BCUT2D eigenvalue weighted by atomic mass is 79.9. The maximum atomic E-state index is 12.0. The maximum absolute atomic E-state index is 12.0. The number of carbonyl (C=O) groups excluding carboxylic acids is 1. The van der Waals surface area contributed by atoms with E-state index < -0.39 is 5.97 Å². The van der Waals surface area contributed by atoms with E-state index in [0.717, 1.165) is 21.2 Å². The van der Waals surface area contributed by atoms with Crippen LogP contribution in [0, 0.1) is 0 Å². The van der Waals surface area contributed by atoms with Gasteiger partial charge in [0.15, 0.2) is 0 Å². The van der Waals surface area contributed by atoms with Gasteiger partial charge in [0.25, 0.3) is 0 Å². The third-order valence-corrected chi connectivity index (χ3v) is 4.18. The van der Waals surface area contributed by atoms with E-state index in [1.165, 1.54) is 20.5 Å². The van der Waals surface area contributed by atoms with Crippen molar-refractivity contribution >= 4 is 39.6 Å². The van der Waals surface area contributed by atoms with Crippen molar-refractivity contribution in [1.82, 2.24) is 0 Å². The van der Waals surface area contributed by atoms with Gasteiger partial charge in [-0.3, -0.25) is 0 Å². The summed E-state index contributed by atoms with van der Waals surface area (Å²) >= 11 is 3.52. The zero-order chi connectivity index (χ0) is 18.1. The second kappa shape index (κ2) is 9.64. The van der Waals surface area contributed by atoms with Gasteiger partial charge >= 0.3 is 5.97 Å². The summed E-state index contributed by atoms with van der Waals surface area (Å²) in [6, 6.07) is 15.6. The summed E-state index contributed by atoms with van der Waals surface area (Å²) in [6.07, 6.45) is 9.23. The molecule has 4 heteroatoms. The molecule has 0 aliphatic carbocycles. The first-order valence-corrected chi connectivity index (χ1v) is 8.46. The Bertz CT molecular complexity index is 819. The predicted molar refractivity (Wildman–Crippen MR) is 106 cm³/mol. The summed E-state index contributed by atoms with van der Waals surface area (Å²) in [5.41, 5.74) is 3.12. The molecule has 0 atom stereocenters. The second-order valence-electron chi connectivity index (χ2n) is 5.09. The van der Waals surface area contributed by atoms with Crippen LogP contribution < -0.4 is 0 Å². The van der Waals surface area contributed by atoms with Crippen LogP contribution in [0.5, 0.6) is 0 Å². The second-order valence-corrected chi connectivity index (χ2v) is 5.94. The molecule has 0 aliphatic rings. The number of rotatable bonds is 6. The smallest absolute Gasteiger partial charge is 0.341 e. The van der Waals surface area contributed by atoms with E-state index in [1.54, 1.807) is 0 Å². The first-order valence-electron chi connectivity index (χ1n) is 7.67. The van der Waals surface area contributed by atoms with Gasteiger partial charge in [0.05, 0.1) is 20.5 Å². The summed E-state index contributed by atoms with van der Waals surface area (Å²) in [5, 5.41) is 0. The molecule has 0 heterocycles. The molecule has 2 aromatic rings. The number of allylic oxidation sites excluding steroid dienone is 2. The Morgan fingerprint density at radius 3 is 2.16 bits per heavy atom. The zero-order valence-electron chi connectivity index (χ0n) is 14.1. The molecule has 0 saturated carbocycles. The fourth-order valence-electron chi connectivity index (χ4n) is 2.27. The fraction of sp³-hybridized carbons (Fsp3) is 0.0952. The lowest BCUT2D eigenvalue weighted by atomic mass is 10.00. The van der Waals surface area contributed by atoms with Crippen molar-refractivity contribution in [3.63, 3.8) is 0 Å². The van der Waals surface area contributed by atoms with E-state index >= 15 is 0 Å². The van der Waals surface area contributed by atoms with E-state index in [2.05, 4.69) is 15.9 Å². The molecular formula is C21H19BrO3. The standard InChI is InChI=1S/C21H19BrO3/c1-24-15-19(21(23)25-2)18-13-7-5-10-16(18)9-3-4-11-17-12-6-8-14-20(17)22/h3-15H,1-2H3. The average Bonchev–Trinajstić information content (AvgIpc) is 2.64. The van der Waals surface area contributed by atoms with Crippen molar-refractivity contribution < 1.29 is 14.3 Å². The monoisotopic (exact) mass is 398 g/mol. The van der Waals surface area contributed by atoms with Gasteiger partial charge in [-0.2, -0.15) is 0 Å². The van der Waals surface area contributed by atoms with Crippen molar-refractivity contribution in [3.05, 3.63) is 88.1 Å². The molecule has 0 bridgehead atoms. The van der Waals surface area contributed by atoms with Crippen LogP contribution in [0.3, 0.4) is 0 Å². The van der Waals surface area contributed by atoms with E-state index in [9.17, 15) is 4.79 Å². The van der Waals surface area contributed by atoms with Crippen molar-refractivity contribution in [2.24, 2.45) is 0 Å². The van der Waals surface area contributed by atoms with Crippen LogP contribution in [0.25, 0.3) is 17.7 Å². The van der Waals surface area contributed by atoms with Gasteiger partial charge in [-0.05, 0) is 22.8 Å². The minimum Gasteiger partial charge on any atom is -0.503 e. The molecule has 3 nitrogen and oxygen atoms in total. The number of benzene rings is 2. The number of carbonyl (C=O) groups is 1. The van der Waals surface area contributed by atoms with Gasteiger partial charge in [0.2, 0.25) is 0 Å². The predicted octanol–water partition coefficient (Wildman–Crippen LogP) is 5.34. The van der Waals surface area contributed by atoms with Crippen LogP contribution in [-0.4, -0.2) is 20.2 Å². The number of halogens is 1. The molecule has 0 amide bonds. The molecule has 0 N–H and O–H groups in total. The lowest BCUT2D eigenvalue weighted by Crippen LogP contribution is -2.05. The molecule has 0 unspecified atom stereocenters. The first kappa shape index (κ1) is 18.7. The van der Waals surface area contributed by atoms with Gasteiger partial charge in [0, 0.05) is 4.47 Å². The highest BCUT2D eigenvalue weighted by Crippen LogP contribution is 2.22. The van der Waals surface area contributed by atoms with Crippen molar-refractivity contribution in [2.75, 3.05) is 14.2 Å². The van der Waals surface area contributed by atoms with Crippen molar-refractivity contribution in [3.8, 4) is 0 Å². The Hall–Kier alpha value is -2.59. The molecule has 0 saturated heterocycles. The lowest BCUT2D eigenvalue weighted by Gasteiger charge is -2.08. The van der Waals surface area contributed by atoms with Crippen LogP contribution in [0.2, 0.25) is 0 Å². The SMILES string of the molecule is COC=C(C(=O)OC)c1ccccc1C=CC=Cc1ccccc1Br. The zero-order valence-corrected chi connectivity index (χ0v) is 15.7. The normalized spacial score (nSPS) is 11.9. The highest BCUT2D eigenvalue weighted by Gasteiger charge is 2.15. The molecule has 2 rings (SSSR count). The number of methoxy groups -OCH3 is 2. The topological polar surface area (TPSA) is 35.5 Å². The van der Waals surface area contributed by atoms with Crippen molar-refractivity contribution in [2.45, 2.75) is 0 Å². The Morgan fingerprint density at radius 1 is 0.920 bits per heavy atom. The van der Waals surface area contributed by atoms with E-state index in [0.29, 0.717) is 5.57 Å². The van der Waals surface area contributed by atoms with Gasteiger partial charge in [0.1, 0.15) is 5.57 Å². The molecule has 0 aromatic heterocycles. The Labute approximate surface area is 156 Å². The number of ether oxygens (including phenoxy) is 2. The van der Waals surface area contributed by atoms with E-state index in [4.69, 9.17) is 9.47 Å². The number of hydrogen-bond donors (Lipinski definition) is 0. The van der Waals surface area contributed by atoms with Gasteiger partial charge in [-0.15, -0.1) is 0 Å². The van der Waals surface area contributed by atoms with E-state index in [1.807, 2.05) is 72.8 Å². The van der Waals surface area contributed by atoms with Crippen molar-refractivity contribution in [1.29, 1.82) is 0 Å². The number of esters is 1. The molecule has 2 aromatic carbocycles. The number of hydrogen-bond acceptors (Lipinski definition) is 3. The molecule has 0 aliphatic heterocycles. The van der Waals surface area contributed by atoms with Gasteiger partial charge in [-0.1, -0.05) is 82.7 Å². The Kier molecular flexibility index (Phi) is 7.23. The van der Waals surface area contributed by atoms with Crippen LogP contribution >= 0.6 is 15.9 Å². The molecule has 128 valence electrons. The molecule has 25 heavy (non-hydrogen) atoms. The van der Waals surface area contributed by atoms with Crippen LogP contribution in [0.4, 0.5) is 0 Å². The summed E-state index contributed by atoms with van der Waals surface area (Å²) in [4.78, 5) is 12.0. The molecular weight excluding hydrogens is 380 g/mol. The minimum absolute atomic E-state index is 0.375. The van der Waals surface area contributed by atoms with Gasteiger partial charge in [-0.25, -0.2) is 4.79 Å². The minimum atomic E-state index is -0.438. The first-order chi connectivity index (χ1) is 12.2. The molecule has 0 spiro atoms. The average molecular weight is 399 g/mol.